The summed E-state index contributed by atoms with van der Waals surface area (Å²) < 4.78 is 30.1. The second-order valence-electron chi connectivity index (χ2n) is 6.71. The Bertz CT molecular complexity index is 1040. The van der Waals surface area contributed by atoms with Crippen LogP contribution < -0.4 is 0 Å². The minimum Gasteiger partial charge on any atom is -0.303 e. The summed E-state index contributed by atoms with van der Waals surface area (Å²) in [5, 5.41) is 0. The van der Waals surface area contributed by atoms with Crippen molar-refractivity contribution in [3.8, 4) is 0 Å². The van der Waals surface area contributed by atoms with E-state index in [4.69, 9.17) is 0 Å². The van der Waals surface area contributed by atoms with E-state index in [0.717, 1.165) is 35.3 Å². The summed E-state index contributed by atoms with van der Waals surface area (Å²) in [6.45, 7) is 4.27. The summed E-state index contributed by atoms with van der Waals surface area (Å²) >= 11 is 0. The van der Waals surface area contributed by atoms with Crippen molar-refractivity contribution in [2.45, 2.75) is 44.2 Å². The molecule has 130 valence electrons. The first-order chi connectivity index (χ1) is 12.0. The summed E-state index contributed by atoms with van der Waals surface area (Å²) in [4.78, 5) is 4.75. The Labute approximate surface area is 148 Å². The molecule has 0 atom stereocenters. The van der Waals surface area contributed by atoms with Crippen molar-refractivity contribution >= 4 is 15.7 Å². The van der Waals surface area contributed by atoms with Gasteiger partial charge in [0, 0.05) is 12.2 Å². The number of imidazole rings is 1. The average Bonchev–Trinajstić information content (AvgIpc) is 3.35. The van der Waals surface area contributed by atoms with Crippen LogP contribution in [0, 0.1) is 13.8 Å². The Kier molecular flexibility index (Phi) is 3.89. The maximum absolute atomic E-state index is 13.2. The van der Waals surface area contributed by atoms with Gasteiger partial charge in [-0.2, -0.15) is 4.31 Å². The fraction of sp³-hybridized carbons (Fsp3) is 0.316. The molecule has 0 radical (unpaired) electrons. The lowest BCUT2D eigenvalue weighted by Gasteiger charge is -2.22. The highest BCUT2D eigenvalue weighted by molar-refractivity contribution is 7.89. The predicted molar refractivity (Wildman–Crippen MR) is 96.9 cm³/mol. The number of aryl methyl sites for hydroxylation is 2. The topological polar surface area (TPSA) is 54.7 Å². The minimum absolute atomic E-state index is 0.0841. The molecule has 0 aliphatic heterocycles. The van der Waals surface area contributed by atoms with E-state index >= 15 is 0 Å². The molecule has 1 aliphatic rings. The van der Waals surface area contributed by atoms with Gasteiger partial charge in [0.1, 0.15) is 5.65 Å². The third-order valence-electron chi connectivity index (χ3n) is 4.85. The number of fused-ring (bicyclic) bond motifs is 1. The normalized spacial score (nSPS) is 15.2. The Balaban J connectivity index is 1.72. The van der Waals surface area contributed by atoms with Crippen molar-refractivity contribution in [2.24, 2.45) is 0 Å². The number of nitrogens with zero attached hydrogens (tertiary/aromatic N) is 3. The summed E-state index contributed by atoms with van der Waals surface area (Å²) in [6, 6.07) is 11.2. The van der Waals surface area contributed by atoms with Crippen molar-refractivity contribution < 1.29 is 8.42 Å². The minimum atomic E-state index is -3.53. The maximum Gasteiger partial charge on any atom is 0.243 e. The summed E-state index contributed by atoms with van der Waals surface area (Å²) in [5.74, 6) is 0. The zero-order valence-corrected chi connectivity index (χ0v) is 15.2. The van der Waals surface area contributed by atoms with Crippen molar-refractivity contribution in [1.82, 2.24) is 13.7 Å². The molecule has 0 saturated heterocycles. The fourth-order valence-electron chi connectivity index (χ4n) is 3.04. The van der Waals surface area contributed by atoms with Crippen LogP contribution in [0.5, 0.6) is 0 Å². The molecule has 0 amide bonds. The van der Waals surface area contributed by atoms with E-state index in [0.29, 0.717) is 11.4 Å². The number of aromatic nitrogens is 2. The molecule has 0 N–H and O–H groups in total. The first kappa shape index (κ1) is 16.3. The molecule has 0 unspecified atom stereocenters. The highest BCUT2D eigenvalue weighted by Gasteiger charge is 2.38. The summed E-state index contributed by atoms with van der Waals surface area (Å²) in [5.41, 5.74) is 3.80. The second-order valence-corrected chi connectivity index (χ2v) is 8.60. The molecule has 5 nitrogen and oxygen atoms in total. The highest BCUT2D eigenvalue weighted by Crippen LogP contribution is 2.34. The Hall–Kier alpha value is -2.18. The van der Waals surface area contributed by atoms with Crippen LogP contribution in [0.3, 0.4) is 0 Å². The Morgan fingerprint density at radius 2 is 1.96 bits per heavy atom. The van der Waals surface area contributed by atoms with Crippen LogP contribution in [0.4, 0.5) is 0 Å². The second kappa shape index (κ2) is 5.97. The van der Waals surface area contributed by atoms with Crippen LogP contribution in [0.1, 0.15) is 29.7 Å². The molecular weight excluding hydrogens is 334 g/mol. The highest BCUT2D eigenvalue weighted by atomic mass is 32.2. The van der Waals surface area contributed by atoms with E-state index in [-0.39, 0.29) is 6.04 Å². The molecule has 2 heterocycles. The lowest BCUT2D eigenvalue weighted by Crippen LogP contribution is -2.33. The van der Waals surface area contributed by atoms with E-state index in [1.54, 1.807) is 22.6 Å². The van der Waals surface area contributed by atoms with Gasteiger partial charge in [0.15, 0.2) is 0 Å². The summed E-state index contributed by atoms with van der Waals surface area (Å²) in [7, 11) is -3.53. The molecule has 1 saturated carbocycles. The predicted octanol–water partition coefficient (Wildman–Crippen LogP) is 3.30. The van der Waals surface area contributed by atoms with E-state index in [1.807, 2.05) is 48.7 Å². The lowest BCUT2D eigenvalue weighted by atomic mass is 10.1. The number of hydrogen-bond donors (Lipinski definition) is 0. The van der Waals surface area contributed by atoms with Crippen LogP contribution in [0.25, 0.3) is 5.65 Å². The Morgan fingerprint density at radius 1 is 1.16 bits per heavy atom. The Morgan fingerprint density at radius 3 is 2.68 bits per heavy atom. The molecule has 25 heavy (non-hydrogen) atoms. The van der Waals surface area contributed by atoms with Crippen molar-refractivity contribution in [1.29, 1.82) is 0 Å². The van der Waals surface area contributed by atoms with Crippen LogP contribution in [-0.4, -0.2) is 28.1 Å². The zero-order chi connectivity index (χ0) is 17.6. The molecule has 2 aromatic heterocycles. The molecule has 3 aromatic rings. The van der Waals surface area contributed by atoms with Gasteiger partial charge in [-0.25, -0.2) is 13.4 Å². The third-order valence-corrected chi connectivity index (χ3v) is 6.74. The van der Waals surface area contributed by atoms with Gasteiger partial charge in [-0.15, -0.1) is 0 Å². The number of benzene rings is 1. The van der Waals surface area contributed by atoms with Gasteiger partial charge in [-0.05, 0) is 62.1 Å². The van der Waals surface area contributed by atoms with Gasteiger partial charge >= 0.3 is 0 Å². The molecule has 1 fully saturated rings. The largest absolute Gasteiger partial charge is 0.303 e. The van der Waals surface area contributed by atoms with Gasteiger partial charge in [-0.3, -0.25) is 0 Å². The van der Waals surface area contributed by atoms with Crippen LogP contribution >= 0.6 is 0 Å². The van der Waals surface area contributed by atoms with Crippen LogP contribution in [-0.2, 0) is 16.6 Å². The van der Waals surface area contributed by atoms with E-state index in [2.05, 4.69) is 4.98 Å². The quantitative estimate of drug-likeness (QED) is 0.706. The van der Waals surface area contributed by atoms with Crippen LogP contribution in [0.2, 0.25) is 0 Å². The third kappa shape index (κ3) is 2.96. The fourth-order valence-corrected chi connectivity index (χ4v) is 4.79. The maximum atomic E-state index is 13.2. The van der Waals surface area contributed by atoms with E-state index in [1.165, 1.54) is 0 Å². The van der Waals surface area contributed by atoms with Crippen molar-refractivity contribution in [2.75, 3.05) is 0 Å². The first-order valence-electron chi connectivity index (χ1n) is 8.47. The lowest BCUT2D eigenvalue weighted by molar-refractivity contribution is 0.393. The summed E-state index contributed by atoms with van der Waals surface area (Å²) in [6.07, 6.45) is 5.52. The van der Waals surface area contributed by atoms with Crippen LogP contribution in [0.15, 0.2) is 53.7 Å². The molecule has 0 spiro atoms. The molecule has 1 aromatic carbocycles. The van der Waals surface area contributed by atoms with Gasteiger partial charge in [-0.1, -0.05) is 12.1 Å². The number of hydrogen-bond acceptors (Lipinski definition) is 3. The standard InChI is InChI=1S/C19H21N3O2S/c1-14-6-9-18(11-15(14)2)25(23,24)22(16-7-8-16)13-17-12-20-19-5-3-4-10-21(17)19/h3-6,9-12,16H,7-8,13H2,1-2H3. The van der Waals surface area contributed by atoms with Gasteiger partial charge in [0.05, 0.1) is 23.3 Å². The van der Waals surface area contributed by atoms with E-state index in [9.17, 15) is 8.42 Å². The molecular formula is C19H21N3O2S. The van der Waals surface area contributed by atoms with Crippen molar-refractivity contribution in [3.05, 3.63) is 65.6 Å². The van der Waals surface area contributed by atoms with Crippen molar-refractivity contribution in [3.63, 3.8) is 0 Å². The molecule has 4 rings (SSSR count). The van der Waals surface area contributed by atoms with Gasteiger partial charge in [0.2, 0.25) is 10.0 Å². The van der Waals surface area contributed by atoms with Gasteiger partial charge in [0.25, 0.3) is 0 Å². The van der Waals surface area contributed by atoms with E-state index < -0.39 is 10.0 Å². The first-order valence-corrected chi connectivity index (χ1v) is 9.91. The average molecular weight is 355 g/mol. The smallest absolute Gasteiger partial charge is 0.243 e. The SMILES string of the molecule is Cc1ccc(S(=O)(=O)N(Cc2cnc3ccccn23)C2CC2)cc1C. The monoisotopic (exact) mass is 355 g/mol. The molecule has 6 heteroatoms. The molecule has 1 aliphatic carbocycles. The number of pyridine rings is 1. The number of sulfonamides is 1. The zero-order valence-electron chi connectivity index (χ0n) is 14.4. The number of rotatable bonds is 5. The molecule has 0 bridgehead atoms. The van der Waals surface area contributed by atoms with Gasteiger partial charge < -0.3 is 4.40 Å².